The van der Waals surface area contributed by atoms with E-state index in [4.69, 9.17) is 0 Å². The zero-order valence-corrected chi connectivity index (χ0v) is 10.7. The topological polar surface area (TPSA) is 83.7 Å². The van der Waals surface area contributed by atoms with E-state index in [1.807, 2.05) is 6.92 Å². The fraction of sp³-hybridized carbons (Fsp3) is 0.462. The summed E-state index contributed by atoms with van der Waals surface area (Å²) in [6.07, 6.45) is 0.207. The third-order valence-corrected chi connectivity index (χ3v) is 3.51. The second kappa shape index (κ2) is 5.36. The lowest BCUT2D eigenvalue weighted by Gasteiger charge is -2.34. The predicted octanol–water partition coefficient (Wildman–Crippen LogP) is 1.44. The van der Waals surface area contributed by atoms with Gasteiger partial charge in [0.1, 0.15) is 0 Å². The van der Waals surface area contributed by atoms with Crippen LogP contribution in [0.2, 0.25) is 0 Å². The molecule has 6 heteroatoms. The number of likely N-dealkylation sites (tertiary alicyclic amines) is 1. The summed E-state index contributed by atoms with van der Waals surface area (Å²) < 4.78 is 0. The van der Waals surface area contributed by atoms with Crippen LogP contribution in [0.4, 0.5) is 5.69 Å². The number of β-amino-alcohol motifs (C(OH)–C–C–N with tert-alkyl or cyclic N) is 1. The number of hydrogen-bond acceptors (Lipinski definition) is 4. The Kier molecular flexibility index (Phi) is 3.80. The molecule has 19 heavy (non-hydrogen) atoms. The number of carbonyl (C=O) groups excluding carboxylic acids is 1. The number of nitro benzene ring substituents is 1. The van der Waals surface area contributed by atoms with Gasteiger partial charge in [0, 0.05) is 30.8 Å². The normalized spacial score (nSPS) is 23.2. The van der Waals surface area contributed by atoms with Gasteiger partial charge >= 0.3 is 0 Å². The zero-order chi connectivity index (χ0) is 14.0. The molecule has 1 aliphatic rings. The summed E-state index contributed by atoms with van der Waals surface area (Å²) in [6.45, 7) is 2.79. The Hall–Kier alpha value is -1.95. The fourth-order valence-electron chi connectivity index (χ4n) is 2.17. The van der Waals surface area contributed by atoms with Crippen LogP contribution in [-0.4, -0.2) is 40.0 Å². The maximum absolute atomic E-state index is 12.2. The van der Waals surface area contributed by atoms with Crippen molar-refractivity contribution in [3.05, 3.63) is 39.9 Å². The van der Waals surface area contributed by atoms with E-state index < -0.39 is 11.0 Å². The molecule has 1 aliphatic heterocycles. The average Bonchev–Trinajstić information content (AvgIpc) is 2.41. The summed E-state index contributed by atoms with van der Waals surface area (Å²) in [4.78, 5) is 23.9. The number of rotatable bonds is 2. The number of carbonyl (C=O) groups is 1. The minimum atomic E-state index is -0.531. The highest BCUT2D eigenvalue weighted by molar-refractivity contribution is 5.94. The molecule has 2 atom stereocenters. The van der Waals surface area contributed by atoms with E-state index >= 15 is 0 Å². The molecule has 1 heterocycles. The lowest BCUT2D eigenvalue weighted by molar-refractivity contribution is -0.384. The van der Waals surface area contributed by atoms with Gasteiger partial charge in [-0.2, -0.15) is 0 Å². The molecule has 1 aromatic carbocycles. The van der Waals surface area contributed by atoms with Gasteiger partial charge in [0.05, 0.1) is 11.0 Å². The molecule has 1 aromatic rings. The molecule has 0 spiro atoms. The zero-order valence-electron chi connectivity index (χ0n) is 10.7. The highest BCUT2D eigenvalue weighted by Gasteiger charge is 2.28. The second-order valence-electron chi connectivity index (χ2n) is 4.89. The van der Waals surface area contributed by atoms with Gasteiger partial charge in [0.2, 0.25) is 0 Å². The molecule has 0 aromatic heterocycles. The highest BCUT2D eigenvalue weighted by atomic mass is 16.6. The first-order chi connectivity index (χ1) is 8.99. The molecule has 0 radical (unpaired) electrons. The Morgan fingerprint density at radius 2 is 2.26 bits per heavy atom. The van der Waals surface area contributed by atoms with Gasteiger partial charge in [0.25, 0.3) is 11.6 Å². The molecular formula is C13H16N2O4. The van der Waals surface area contributed by atoms with Crippen molar-refractivity contribution in [3.63, 3.8) is 0 Å². The number of aliphatic hydroxyl groups is 1. The largest absolute Gasteiger partial charge is 0.391 e. The molecule has 2 unspecified atom stereocenters. The lowest BCUT2D eigenvalue weighted by Crippen LogP contribution is -2.45. The number of non-ortho nitro benzene ring substituents is 1. The van der Waals surface area contributed by atoms with Gasteiger partial charge in [-0.3, -0.25) is 14.9 Å². The van der Waals surface area contributed by atoms with Crippen molar-refractivity contribution >= 4 is 11.6 Å². The van der Waals surface area contributed by atoms with Crippen molar-refractivity contribution in [2.45, 2.75) is 19.4 Å². The smallest absolute Gasteiger partial charge is 0.270 e. The van der Waals surface area contributed by atoms with E-state index in [-0.39, 0.29) is 29.6 Å². The Balaban J connectivity index is 2.16. The third kappa shape index (κ3) is 2.90. The molecule has 0 bridgehead atoms. The Morgan fingerprint density at radius 1 is 1.53 bits per heavy atom. The Labute approximate surface area is 110 Å². The van der Waals surface area contributed by atoms with Crippen LogP contribution in [0.3, 0.4) is 0 Å². The minimum Gasteiger partial charge on any atom is -0.391 e. The summed E-state index contributed by atoms with van der Waals surface area (Å²) in [5, 5.41) is 20.5. The first-order valence-corrected chi connectivity index (χ1v) is 6.21. The summed E-state index contributed by atoms with van der Waals surface area (Å²) in [7, 11) is 0. The van der Waals surface area contributed by atoms with Gasteiger partial charge in [-0.25, -0.2) is 0 Å². The van der Waals surface area contributed by atoms with Crippen LogP contribution < -0.4 is 0 Å². The van der Waals surface area contributed by atoms with Gasteiger partial charge in [-0.1, -0.05) is 13.0 Å². The standard InChI is InChI=1S/C13H16N2O4/c1-9-5-6-14(8-12(9)16)13(17)10-3-2-4-11(7-10)15(18)19/h2-4,7,9,12,16H,5-6,8H2,1H3. The van der Waals surface area contributed by atoms with E-state index in [2.05, 4.69) is 0 Å². The van der Waals surface area contributed by atoms with E-state index in [1.165, 1.54) is 18.2 Å². The number of amides is 1. The number of benzene rings is 1. The van der Waals surface area contributed by atoms with E-state index in [0.717, 1.165) is 6.42 Å². The van der Waals surface area contributed by atoms with E-state index in [0.29, 0.717) is 6.54 Å². The number of piperidine rings is 1. The van der Waals surface area contributed by atoms with Gasteiger partial charge < -0.3 is 10.0 Å². The highest BCUT2D eigenvalue weighted by Crippen LogP contribution is 2.20. The second-order valence-corrected chi connectivity index (χ2v) is 4.89. The van der Waals surface area contributed by atoms with Crippen molar-refractivity contribution in [3.8, 4) is 0 Å². The molecule has 2 rings (SSSR count). The van der Waals surface area contributed by atoms with Crippen LogP contribution in [0.15, 0.2) is 24.3 Å². The molecule has 1 N–H and O–H groups in total. The summed E-state index contributed by atoms with van der Waals surface area (Å²) in [5.41, 5.74) is 0.188. The average molecular weight is 264 g/mol. The molecule has 1 fully saturated rings. The van der Waals surface area contributed by atoms with E-state index in [9.17, 15) is 20.0 Å². The SMILES string of the molecule is CC1CCN(C(=O)c2cccc([N+](=O)[O-])c2)CC1O. The first-order valence-electron chi connectivity index (χ1n) is 6.21. The van der Waals surface area contributed by atoms with Crippen molar-refractivity contribution in [2.75, 3.05) is 13.1 Å². The van der Waals surface area contributed by atoms with Gasteiger partial charge in [-0.15, -0.1) is 0 Å². The number of nitro groups is 1. The van der Waals surface area contributed by atoms with Crippen molar-refractivity contribution in [2.24, 2.45) is 5.92 Å². The fourth-order valence-corrected chi connectivity index (χ4v) is 2.17. The molecule has 0 saturated carbocycles. The van der Waals surface area contributed by atoms with Crippen LogP contribution in [-0.2, 0) is 0 Å². The number of nitrogens with zero attached hydrogens (tertiary/aromatic N) is 2. The maximum Gasteiger partial charge on any atom is 0.270 e. The molecule has 6 nitrogen and oxygen atoms in total. The Morgan fingerprint density at radius 3 is 2.89 bits per heavy atom. The molecule has 0 aliphatic carbocycles. The maximum atomic E-state index is 12.2. The number of hydrogen-bond donors (Lipinski definition) is 1. The van der Waals surface area contributed by atoms with Crippen LogP contribution in [0.25, 0.3) is 0 Å². The first kappa shape index (κ1) is 13.5. The van der Waals surface area contributed by atoms with Gasteiger partial charge in [-0.05, 0) is 18.4 Å². The van der Waals surface area contributed by atoms with Crippen molar-refractivity contribution in [1.82, 2.24) is 4.90 Å². The van der Waals surface area contributed by atoms with Crippen LogP contribution in [0, 0.1) is 16.0 Å². The molecule has 1 saturated heterocycles. The van der Waals surface area contributed by atoms with E-state index in [1.54, 1.807) is 11.0 Å². The minimum absolute atomic E-state index is 0.100. The summed E-state index contributed by atoms with van der Waals surface area (Å²) >= 11 is 0. The predicted molar refractivity (Wildman–Crippen MR) is 68.8 cm³/mol. The quantitative estimate of drug-likeness (QED) is 0.647. The van der Waals surface area contributed by atoms with Crippen LogP contribution >= 0.6 is 0 Å². The van der Waals surface area contributed by atoms with Crippen LogP contribution in [0.5, 0.6) is 0 Å². The van der Waals surface area contributed by atoms with Crippen molar-refractivity contribution in [1.29, 1.82) is 0 Å². The number of aliphatic hydroxyl groups excluding tert-OH is 1. The summed E-state index contributed by atoms with van der Waals surface area (Å²) in [5.74, 6) is -0.0937. The molecule has 1 amide bonds. The lowest BCUT2D eigenvalue weighted by atomic mass is 9.95. The molecule has 102 valence electrons. The monoisotopic (exact) mass is 264 g/mol. The molecular weight excluding hydrogens is 248 g/mol. The third-order valence-electron chi connectivity index (χ3n) is 3.51. The summed E-state index contributed by atoms with van der Waals surface area (Å²) in [6, 6.07) is 5.67. The van der Waals surface area contributed by atoms with Crippen LogP contribution in [0.1, 0.15) is 23.7 Å². The Bertz CT molecular complexity index is 503. The van der Waals surface area contributed by atoms with Gasteiger partial charge in [0.15, 0.2) is 0 Å². The van der Waals surface area contributed by atoms with Crippen molar-refractivity contribution < 1.29 is 14.8 Å².